The molecular formula is C19H19BrN4O5S2. The highest BCUT2D eigenvalue weighted by Crippen LogP contribution is 2.28. The van der Waals surface area contributed by atoms with Crippen LogP contribution < -0.4 is 20.1 Å². The van der Waals surface area contributed by atoms with Crippen molar-refractivity contribution in [1.82, 2.24) is 15.5 Å². The number of nitrogens with one attached hydrogen (secondary N) is 2. The van der Waals surface area contributed by atoms with Gasteiger partial charge in [-0.3, -0.25) is 14.9 Å². The van der Waals surface area contributed by atoms with E-state index in [0.29, 0.717) is 38.6 Å². The zero-order valence-electron chi connectivity index (χ0n) is 16.6. The molecule has 0 saturated carbocycles. The Morgan fingerprint density at radius 2 is 1.97 bits per heavy atom. The number of thioether (sulfide) groups is 1. The fraction of sp³-hybridized carbons (Fsp3) is 0.263. The van der Waals surface area contributed by atoms with Crippen molar-refractivity contribution in [2.24, 2.45) is 0 Å². The van der Waals surface area contributed by atoms with Crippen molar-refractivity contribution in [2.45, 2.75) is 10.8 Å². The molecule has 31 heavy (non-hydrogen) atoms. The van der Waals surface area contributed by atoms with Gasteiger partial charge in [-0.25, -0.2) is 0 Å². The molecule has 0 aliphatic rings. The molecule has 0 unspecified atom stereocenters. The summed E-state index contributed by atoms with van der Waals surface area (Å²) in [5.74, 6) is 1.12. The number of benzene rings is 1. The van der Waals surface area contributed by atoms with E-state index in [4.69, 9.17) is 13.9 Å². The lowest BCUT2D eigenvalue weighted by Gasteiger charge is -2.10. The van der Waals surface area contributed by atoms with Gasteiger partial charge in [0.2, 0.25) is 11.0 Å². The molecular weight excluding hydrogens is 508 g/mol. The maximum absolute atomic E-state index is 12.1. The highest BCUT2D eigenvalue weighted by atomic mass is 79.9. The average Bonchev–Trinajstić information content (AvgIpc) is 3.41. The number of ether oxygens (including phenoxy) is 2. The predicted octanol–water partition coefficient (Wildman–Crippen LogP) is 3.61. The van der Waals surface area contributed by atoms with E-state index in [1.807, 2.05) is 18.2 Å². The van der Waals surface area contributed by atoms with Crippen LogP contribution in [0.1, 0.15) is 16.1 Å². The van der Waals surface area contributed by atoms with Gasteiger partial charge in [-0.1, -0.05) is 29.2 Å². The minimum absolute atomic E-state index is 0.119. The lowest BCUT2D eigenvalue weighted by atomic mass is 10.1. The molecule has 2 N–H and O–H groups in total. The van der Waals surface area contributed by atoms with Gasteiger partial charge in [-0.2, -0.15) is 0 Å². The van der Waals surface area contributed by atoms with Crippen LogP contribution >= 0.6 is 39.0 Å². The molecule has 0 radical (unpaired) electrons. The van der Waals surface area contributed by atoms with Crippen molar-refractivity contribution in [3.05, 3.63) is 46.3 Å². The van der Waals surface area contributed by atoms with Gasteiger partial charge in [-0.05, 0) is 52.2 Å². The Morgan fingerprint density at radius 1 is 1.16 bits per heavy atom. The Bertz CT molecular complexity index is 1060. The number of furan rings is 1. The molecule has 0 atom stereocenters. The summed E-state index contributed by atoms with van der Waals surface area (Å²) in [5.41, 5.74) is 1.03. The molecule has 0 bridgehead atoms. The Hall–Kier alpha value is -2.57. The standard InChI is InChI=1S/C19H19BrN4O5S2/c1-27-12-4-3-11(9-14(12)28-2)7-8-21-16(25)10-30-19-24-23-18(31-19)22-17(26)13-5-6-15(20)29-13/h3-6,9H,7-8,10H2,1-2H3,(H,21,25)(H,22,23,26). The predicted molar refractivity (Wildman–Crippen MR) is 121 cm³/mol. The molecule has 1 aromatic carbocycles. The summed E-state index contributed by atoms with van der Waals surface area (Å²) < 4.78 is 16.7. The van der Waals surface area contributed by atoms with Crippen LogP contribution in [-0.4, -0.2) is 48.5 Å². The third kappa shape index (κ3) is 6.71. The van der Waals surface area contributed by atoms with Crippen LogP contribution in [-0.2, 0) is 11.2 Å². The molecule has 0 saturated heterocycles. The molecule has 0 aliphatic heterocycles. The van der Waals surface area contributed by atoms with Crippen molar-refractivity contribution < 1.29 is 23.5 Å². The van der Waals surface area contributed by atoms with Gasteiger partial charge in [0.15, 0.2) is 26.3 Å². The largest absolute Gasteiger partial charge is 0.493 e. The van der Waals surface area contributed by atoms with E-state index < -0.39 is 5.91 Å². The summed E-state index contributed by atoms with van der Waals surface area (Å²) >= 11 is 5.57. The first-order valence-electron chi connectivity index (χ1n) is 8.99. The van der Waals surface area contributed by atoms with Crippen LogP contribution in [0.3, 0.4) is 0 Å². The topological polar surface area (TPSA) is 116 Å². The number of carbonyl (C=O) groups excluding carboxylic acids is 2. The lowest BCUT2D eigenvalue weighted by Crippen LogP contribution is -2.27. The fourth-order valence-electron chi connectivity index (χ4n) is 2.47. The van der Waals surface area contributed by atoms with Crippen LogP contribution in [0, 0.1) is 0 Å². The van der Waals surface area contributed by atoms with E-state index >= 15 is 0 Å². The first kappa shape index (κ1) is 23.1. The number of anilines is 1. The number of rotatable bonds is 10. The number of carbonyl (C=O) groups is 2. The maximum atomic E-state index is 12.1. The molecule has 2 aromatic heterocycles. The third-order valence-electron chi connectivity index (χ3n) is 3.93. The molecule has 3 rings (SSSR count). The Balaban J connectivity index is 1.40. The van der Waals surface area contributed by atoms with E-state index in [1.165, 1.54) is 23.1 Å². The molecule has 2 heterocycles. The Labute approximate surface area is 195 Å². The van der Waals surface area contributed by atoms with Crippen LogP contribution in [0.15, 0.2) is 43.8 Å². The van der Waals surface area contributed by atoms with Crippen molar-refractivity contribution in [3.8, 4) is 11.5 Å². The summed E-state index contributed by atoms with van der Waals surface area (Å²) in [6.07, 6.45) is 0.661. The summed E-state index contributed by atoms with van der Waals surface area (Å²) in [6.45, 7) is 0.491. The van der Waals surface area contributed by atoms with Gasteiger partial charge in [-0.15, -0.1) is 10.2 Å². The summed E-state index contributed by atoms with van der Waals surface area (Å²) in [5, 5.41) is 13.7. The van der Waals surface area contributed by atoms with Crippen molar-refractivity contribution in [2.75, 3.05) is 31.8 Å². The molecule has 3 aromatic rings. The average molecular weight is 527 g/mol. The van der Waals surface area contributed by atoms with E-state index in [0.717, 1.165) is 5.56 Å². The Kier molecular flexibility index (Phi) is 8.32. The molecule has 2 amide bonds. The van der Waals surface area contributed by atoms with Gasteiger partial charge in [0.05, 0.1) is 20.0 Å². The molecule has 9 nitrogen and oxygen atoms in total. The highest BCUT2D eigenvalue weighted by molar-refractivity contribution is 9.10. The van der Waals surface area contributed by atoms with Gasteiger partial charge >= 0.3 is 0 Å². The Morgan fingerprint density at radius 3 is 2.68 bits per heavy atom. The number of halogens is 1. The third-order valence-corrected chi connectivity index (χ3v) is 6.33. The molecule has 0 aliphatic carbocycles. The second kappa shape index (κ2) is 11.2. The number of hydrogen-bond acceptors (Lipinski definition) is 9. The maximum Gasteiger partial charge on any atom is 0.293 e. The minimum atomic E-state index is -0.425. The van der Waals surface area contributed by atoms with Crippen LogP contribution in [0.4, 0.5) is 5.13 Å². The second-order valence-corrected chi connectivity index (χ2v) is 8.99. The van der Waals surface area contributed by atoms with Gasteiger partial charge in [0, 0.05) is 6.54 Å². The van der Waals surface area contributed by atoms with Crippen molar-refractivity contribution in [3.63, 3.8) is 0 Å². The van der Waals surface area contributed by atoms with Gasteiger partial charge < -0.3 is 19.2 Å². The summed E-state index contributed by atoms with van der Waals surface area (Å²) in [6, 6.07) is 8.82. The van der Waals surface area contributed by atoms with Crippen LogP contribution in [0.25, 0.3) is 0 Å². The zero-order valence-corrected chi connectivity index (χ0v) is 19.9. The SMILES string of the molecule is COc1ccc(CCNC(=O)CSc2nnc(NC(=O)c3ccc(Br)o3)s2)cc1OC. The molecule has 12 heteroatoms. The number of nitrogens with zero attached hydrogens (tertiary/aromatic N) is 2. The highest BCUT2D eigenvalue weighted by Gasteiger charge is 2.14. The zero-order chi connectivity index (χ0) is 22.2. The normalized spacial score (nSPS) is 10.5. The van der Waals surface area contributed by atoms with Gasteiger partial charge in [0.1, 0.15) is 0 Å². The molecule has 0 fully saturated rings. The number of aromatic nitrogens is 2. The smallest absolute Gasteiger partial charge is 0.293 e. The lowest BCUT2D eigenvalue weighted by molar-refractivity contribution is -0.118. The van der Waals surface area contributed by atoms with E-state index in [-0.39, 0.29) is 17.4 Å². The quantitative estimate of drug-likeness (QED) is 0.304. The van der Waals surface area contributed by atoms with Crippen LogP contribution in [0.2, 0.25) is 0 Å². The minimum Gasteiger partial charge on any atom is -0.493 e. The van der Waals surface area contributed by atoms with E-state index in [2.05, 4.69) is 36.8 Å². The second-order valence-electron chi connectivity index (χ2n) is 6.01. The van der Waals surface area contributed by atoms with Crippen LogP contribution in [0.5, 0.6) is 11.5 Å². The fourth-order valence-corrected chi connectivity index (χ4v) is 4.36. The monoisotopic (exact) mass is 526 g/mol. The first-order valence-corrected chi connectivity index (χ1v) is 11.6. The molecule has 164 valence electrons. The van der Waals surface area contributed by atoms with E-state index in [1.54, 1.807) is 26.4 Å². The summed E-state index contributed by atoms with van der Waals surface area (Å²) in [7, 11) is 3.17. The van der Waals surface area contributed by atoms with Gasteiger partial charge in [0.25, 0.3) is 5.91 Å². The first-order chi connectivity index (χ1) is 15.0. The van der Waals surface area contributed by atoms with Crippen molar-refractivity contribution in [1.29, 1.82) is 0 Å². The number of methoxy groups -OCH3 is 2. The number of hydrogen-bond donors (Lipinski definition) is 2. The molecule has 0 spiro atoms. The van der Waals surface area contributed by atoms with E-state index in [9.17, 15) is 9.59 Å². The summed E-state index contributed by atoms with van der Waals surface area (Å²) in [4.78, 5) is 24.1. The number of amides is 2. The van der Waals surface area contributed by atoms with Crippen molar-refractivity contribution >= 4 is 56.0 Å².